The van der Waals surface area contributed by atoms with Gasteiger partial charge in [-0.25, -0.2) is 8.42 Å². The van der Waals surface area contributed by atoms with Gasteiger partial charge >= 0.3 is 0 Å². The second-order valence-electron chi connectivity index (χ2n) is 5.27. The lowest BCUT2D eigenvalue weighted by Crippen LogP contribution is -2.31. The molecule has 0 saturated carbocycles. The molecule has 2 rings (SSSR count). The van der Waals surface area contributed by atoms with Crippen molar-refractivity contribution in [2.75, 3.05) is 31.7 Å². The maximum Gasteiger partial charge on any atom is 0.264 e. The van der Waals surface area contributed by atoms with E-state index in [1.54, 1.807) is 30.3 Å². The topological polar surface area (TPSA) is 65.1 Å². The highest BCUT2D eigenvalue weighted by molar-refractivity contribution is 7.92. The third kappa shape index (κ3) is 4.11. The Morgan fingerprint density at radius 2 is 1.81 bits per heavy atom. The summed E-state index contributed by atoms with van der Waals surface area (Å²) < 4.78 is 43.5. The first kappa shape index (κ1) is 19.7. The molecule has 0 N–H and O–H groups in total. The quantitative estimate of drug-likeness (QED) is 0.626. The van der Waals surface area contributed by atoms with E-state index in [1.807, 2.05) is 6.92 Å². The Balaban J connectivity index is 2.51. The molecule has 0 bridgehead atoms. The number of nitrogens with zero attached hydrogens (tertiary/aromatic N) is 1. The van der Waals surface area contributed by atoms with E-state index in [0.717, 1.165) is 0 Å². The molecule has 7 heteroatoms. The Morgan fingerprint density at radius 1 is 1.08 bits per heavy atom. The van der Waals surface area contributed by atoms with E-state index in [2.05, 4.69) is 6.58 Å². The fraction of sp³-hybridized carbons (Fsp3) is 0.263. The number of anilines is 1. The van der Waals surface area contributed by atoms with Crippen molar-refractivity contribution in [3.8, 4) is 17.2 Å². The Bertz CT molecular complexity index is 864. The van der Waals surface area contributed by atoms with Gasteiger partial charge in [0.05, 0.1) is 38.0 Å². The summed E-state index contributed by atoms with van der Waals surface area (Å²) in [5, 5.41) is 0. The van der Waals surface area contributed by atoms with E-state index in [-0.39, 0.29) is 11.4 Å². The van der Waals surface area contributed by atoms with E-state index in [0.29, 0.717) is 29.5 Å². The van der Waals surface area contributed by atoms with Crippen LogP contribution in [0, 0.1) is 0 Å². The van der Waals surface area contributed by atoms with E-state index < -0.39 is 10.0 Å². The molecule has 0 aliphatic rings. The van der Waals surface area contributed by atoms with Gasteiger partial charge in [0.1, 0.15) is 5.75 Å². The fourth-order valence-corrected chi connectivity index (χ4v) is 3.90. The number of hydrogen-bond donors (Lipinski definition) is 0. The first-order valence-electron chi connectivity index (χ1n) is 8.06. The summed E-state index contributed by atoms with van der Waals surface area (Å²) in [6.07, 6.45) is 1.53. The summed E-state index contributed by atoms with van der Waals surface area (Å²) in [6.45, 7) is 6.15. The van der Waals surface area contributed by atoms with Crippen LogP contribution in [0.3, 0.4) is 0 Å². The van der Waals surface area contributed by atoms with E-state index in [9.17, 15) is 8.42 Å². The molecule has 2 aromatic carbocycles. The molecule has 0 heterocycles. The molecule has 0 fully saturated rings. The van der Waals surface area contributed by atoms with Crippen LogP contribution in [0.15, 0.2) is 60.0 Å². The van der Waals surface area contributed by atoms with Crippen molar-refractivity contribution in [2.45, 2.75) is 11.8 Å². The number of sulfonamides is 1. The van der Waals surface area contributed by atoms with Crippen molar-refractivity contribution < 1.29 is 22.6 Å². The van der Waals surface area contributed by atoms with Gasteiger partial charge in [-0.1, -0.05) is 12.1 Å². The normalized spacial score (nSPS) is 10.9. The lowest BCUT2D eigenvalue weighted by atomic mass is 10.3. The number of methoxy groups -OCH3 is 2. The van der Waals surface area contributed by atoms with Crippen molar-refractivity contribution in [3.05, 3.63) is 55.1 Å². The summed E-state index contributed by atoms with van der Waals surface area (Å²) in [6, 6.07) is 11.4. The maximum atomic E-state index is 13.2. The van der Waals surface area contributed by atoms with E-state index in [4.69, 9.17) is 14.2 Å². The zero-order chi connectivity index (χ0) is 19.2. The van der Waals surface area contributed by atoms with Crippen molar-refractivity contribution in [2.24, 2.45) is 0 Å². The summed E-state index contributed by atoms with van der Waals surface area (Å²) in [4.78, 5) is 0.0961. The highest BCUT2D eigenvalue weighted by Crippen LogP contribution is 2.33. The second kappa shape index (κ2) is 8.62. The van der Waals surface area contributed by atoms with Gasteiger partial charge in [-0.05, 0) is 31.2 Å². The van der Waals surface area contributed by atoms with Crippen molar-refractivity contribution in [1.29, 1.82) is 0 Å². The van der Waals surface area contributed by atoms with Crippen LogP contribution in [-0.4, -0.2) is 35.8 Å². The molecule has 0 aromatic heterocycles. The predicted molar refractivity (Wildman–Crippen MR) is 102 cm³/mol. The fourth-order valence-electron chi connectivity index (χ4n) is 2.46. The molecule has 6 nitrogen and oxygen atoms in total. The van der Waals surface area contributed by atoms with Crippen LogP contribution in [0.1, 0.15) is 6.92 Å². The Hall–Kier alpha value is -2.67. The molecular formula is C19H23NO5S. The van der Waals surface area contributed by atoms with Crippen LogP contribution in [0.2, 0.25) is 0 Å². The molecule has 0 saturated heterocycles. The molecule has 2 aromatic rings. The molecule has 140 valence electrons. The van der Waals surface area contributed by atoms with Crippen LogP contribution in [-0.2, 0) is 10.0 Å². The number of benzene rings is 2. The standard InChI is InChI=1S/C19H23NO5S/c1-5-12-20(15-8-7-9-16(13-15)25-6-2)26(21,22)17-10-11-18(23-3)19(14-17)24-4/h5,7-11,13-14H,1,6,12H2,2-4H3. The van der Waals surface area contributed by atoms with Gasteiger partial charge < -0.3 is 14.2 Å². The first-order valence-corrected chi connectivity index (χ1v) is 9.50. The van der Waals surface area contributed by atoms with Gasteiger partial charge in [-0.3, -0.25) is 4.31 Å². The molecule has 0 aliphatic carbocycles. The number of hydrogen-bond acceptors (Lipinski definition) is 5. The minimum atomic E-state index is -3.83. The third-order valence-corrected chi connectivity index (χ3v) is 5.44. The highest BCUT2D eigenvalue weighted by atomic mass is 32.2. The lowest BCUT2D eigenvalue weighted by molar-refractivity contribution is 0.340. The monoisotopic (exact) mass is 377 g/mol. The molecule has 0 aliphatic heterocycles. The zero-order valence-corrected chi connectivity index (χ0v) is 16.0. The molecule has 0 unspecified atom stereocenters. The first-order chi connectivity index (χ1) is 12.5. The van der Waals surface area contributed by atoms with Gasteiger partial charge in [0.25, 0.3) is 10.0 Å². The SMILES string of the molecule is C=CCN(c1cccc(OCC)c1)S(=O)(=O)c1ccc(OC)c(OC)c1. The van der Waals surface area contributed by atoms with Gasteiger partial charge in [0.2, 0.25) is 0 Å². The van der Waals surface area contributed by atoms with Crippen LogP contribution in [0.25, 0.3) is 0 Å². The van der Waals surface area contributed by atoms with Crippen LogP contribution in [0.4, 0.5) is 5.69 Å². The largest absolute Gasteiger partial charge is 0.494 e. The van der Waals surface area contributed by atoms with Crippen LogP contribution in [0.5, 0.6) is 17.2 Å². The van der Waals surface area contributed by atoms with Crippen molar-refractivity contribution >= 4 is 15.7 Å². The summed E-state index contributed by atoms with van der Waals surface area (Å²) >= 11 is 0. The van der Waals surface area contributed by atoms with Crippen LogP contribution >= 0.6 is 0 Å². The number of ether oxygens (including phenoxy) is 3. The molecule has 0 amide bonds. The van der Waals surface area contributed by atoms with Gasteiger partial charge in [-0.15, -0.1) is 6.58 Å². The summed E-state index contributed by atoms with van der Waals surface area (Å²) in [5.74, 6) is 1.40. The molecule has 0 radical (unpaired) electrons. The maximum absolute atomic E-state index is 13.2. The number of rotatable bonds is 9. The minimum absolute atomic E-state index is 0.0961. The Labute approximate surface area is 154 Å². The average molecular weight is 377 g/mol. The van der Waals surface area contributed by atoms with Crippen molar-refractivity contribution in [3.63, 3.8) is 0 Å². The molecule has 0 atom stereocenters. The third-order valence-electron chi connectivity index (χ3n) is 3.65. The van der Waals surface area contributed by atoms with Crippen molar-refractivity contribution in [1.82, 2.24) is 0 Å². The molecule has 0 spiro atoms. The van der Waals surface area contributed by atoms with Gasteiger partial charge in [0, 0.05) is 12.1 Å². The zero-order valence-electron chi connectivity index (χ0n) is 15.1. The summed E-state index contributed by atoms with van der Waals surface area (Å²) in [7, 11) is -0.880. The van der Waals surface area contributed by atoms with Gasteiger partial charge in [0.15, 0.2) is 11.5 Å². The van der Waals surface area contributed by atoms with E-state index >= 15 is 0 Å². The lowest BCUT2D eigenvalue weighted by Gasteiger charge is -2.24. The smallest absolute Gasteiger partial charge is 0.264 e. The van der Waals surface area contributed by atoms with Gasteiger partial charge in [-0.2, -0.15) is 0 Å². The average Bonchev–Trinajstić information content (AvgIpc) is 2.65. The highest BCUT2D eigenvalue weighted by Gasteiger charge is 2.25. The molecule has 26 heavy (non-hydrogen) atoms. The molecular weight excluding hydrogens is 354 g/mol. The Kier molecular flexibility index (Phi) is 6.52. The Morgan fingerprint density at radius 3 is 2.42 bits per heavy atom. The van der Waals surface area contributed by atoms with E-state index in [1.165, 1.54) is 36.7 Å². The summed E-state index contributed by atoms with van der Waals surface area (Å²) in [5.41, 5.74) is 0.491. The minimum Gasteiger partial charge on any atom is -0.494 e. The predicted octanol–water partition coefficient (Wildman–Crippen LogP) is 3.48. The van der Waals surface area contributed by atoms with Crippen LogP contribution < -0.4 is 18.5 Å². The second-order valence-corrected chi connectivity index (χ2v) is 7.13.